The maximum atomic E-state index is 4.93. The van der Waals surface area contributed by atoms with E-state index >= 15 is 0 Å². The van der Waals surface area contributed by atoms with Crippen molar-refractivity contribution in [3.8, 4) is 0 Å². The zero-order valence-corrected chi connectivity index (χ0v) is 32.9. The lowest BCUT2D eigenvalue weighted by molar-refractivity contribution is -0.145. The Kier molecular flexibility index (Phi) is 9.22. The van der Waals surface area contributed by atoms with Gasteiger partial charge in [0.05, 0.1) is 16.7 Å². The Morgan fingerprint density at radius 2 is 1.36 bits per heavy atom. The van der Waals surface area contributed by atoms with Gasteiger partial charge in [0.2, 0.25) is 0 Å². The number of halogens is 2. The van der Waals surface area contributed by atoms with Crippen LogP contribution in [-0.2, 0) is 5.41 Å². The minimum absolute atomic E-state index is 0.115. The van der Waals surface area contributed by atoms with E-state index in [4.69, 9.17) is 37.9 Å². The van der Waals surface area contributed by atoms with Gasteiger partial charge in [-0.1, -0.05) is 29.0 Å². The fraction of sp³-hybridized carbons (Fsp3) is 0.475. The Hall–Kier alpha value is -0.900. The molecule has 0 nitrogen and oxygen atoms in total. The van der Waals surface area contributed by atoms with Crippen molar-refractivity contribution in [2.75, 3.05) is 17.3 Å². The molecule has 0 heterocycles. The summed E-state index contributed by atoms with van der Waals surface area (Å²) in [5.74, 6) is 4.13. The van der Waals surface area contributed by atoms with Crippen molar-refractivity contribution in [3.05, 3.63) is 108 Å². The fourth-order valence-electron chi connectivity index (χ4n) is 9.63. The third kappa shape index (κ3) is 6.35. The highest BCUT2D eigenvalue weighted by Gasteiger charge is 2.67. The van der Waals surface area contributed by atoms with E-state index in [9.17, 15) is 0 Å². The van der Waals surface area contributed by atoms with E-state index in [1.807, 2.05) is 0 Å². The average molecular weight is 781 g/mol. The van der Waals surface area contributed by atoms with Crippen LogP contribution in [0, 0.1) is 33.7 Å². The summed E-state index contributed by atoms with van der Waals surface area (Å²) in [7, 11) is 0. The van der Waals surface area contributed by atoms with Crippen LogP contribution in [0.5, 0.6) is 0 Å². The summed E-state index contributed by atoms with van der Waals surface area (Å²) in [6.45, 7) is 11.1. The summed E-state index contributed by atoms with van der Waals surface area (Å²) in [5.41, 5.74) is 14.5. The second-order valence-corrected chi connectivity index (χ2v) is 18.5. The van der Waals surface area contributed by atoms with Crippen molar-refractivity contribution in [1.29, 1.82) is 0 Å². The summed E-state index contributed by atoms with van der Waals surface area (Å²) in [6, 6.07) is 13.4. The summed E-state index contributed by atoms with van der Waals surface area (Å²) >= 11 is 22.4. The maximum Gasteiger partial charge on any atom is 0.153 e. The van der Waals surface area contributed by atoms with E-state index in [1.165, 1.54) is 61.2 Å². The van der Waals surface area contributed by atoms with Crippen molar-refractivity contribution in [2.24, 2.45) is 21.7 Å². The van der Waals surface area contributed by atoms with Crippen LogP contribution in [-0.4, -0.2) is 17.3 Å². The third-order valence-corrected chi connectivity index (χ3v) is 14.2. The summed E-state index contributed by atoms with van der Waals surface area (Å²) < 4.78 is 1.96. The molecule has 7 rings (SSSR count). The first-order valence-corrected chi connectivity index (χ1v) is 19.5. The monoisotopic (exact) mass is 778 g/mol. The van der Waals surface area contributed by atoms with Gasteiger partial charge in [-0.2, -0.15) is 37.9 Å². The van der Waals surface area contributed by atoms with Gasteiger partial charge in [-0.05, 0) is 144 Å². The molecule has 0 radical (unpaired) electrons. The predicted octanol–water partition coefficient (Wildman–Crippen LogP) is 10.2. The molecule has 236 valence electrons. The van der Waals surface area contributed by atoms with Crippen molar-refractivity contribution in [1.82, 2.24) is 0 Å². The van der Waals surface area contributed by atoms with Gasteiger partial charge in [-0.3, -0.25) is 0 Å². The molecule has 4 saturated carbocycles. The van der Waals surface area contributed by atoms with Crippen molar-refractivity contribution < 1.29 is 0 Å². The number of hydrogen-bond acceptors (Lipinski definition) is 3. The van der Waals surface area contributed by atoms with Gasteiger partial charge in [0, 0.05) is 37.8 Å². The van der Waals surface area contributed by atoms with Crippen LogP contribution in [0.1, 0.15) is 84.3 Å². The van der Waals surface area contributed by atoms with E-state index in [-0.39, 0.29) is 10.8 Å². The lowest BCUT2D eigenvalue weighted by Gasteiger charge is -2.71. The highest BCUT2D eigenvalue weighted by atomic mass is 79.9. The highest BCUT2D eigenvalue weighted by Crippen LogP contribution is 2.74. The largest absolute Gasteiger partial charge is 0.214 e. The molecule has 0 aliphatic heterocycles. The van der Waals surface area contributed by atoms with E-state index in [1.54, 1.807) is 0 Å². The minimum Gasteiger partial charge on any atom is -0.214 e. The van der Waals surface area contributed by atoms with Crippen LogP contribution >= 0.6 is 69.7 Å². The zero-order valence-electron chi connectivity index (χ0n) is 27.1. The van der Waals surface area contributed by atoms with Crippen LogP contribution in [0.4, 0.5) is 0 Å². The maximum absolute atomic E-state index is 4.93. The summed E-state index contributed by atoms with van der Waals surface area (Å²) in [5, 5.41) is 1.97. The molecule has 0 spiro atoms. The van der Waals surface area contributed by atoms with Gasteiger partial charge in [0.15, 0.2) is 5.57 Å². The van der Waals surface area contributed by atoms with E-state index in [0.29, 0.717) is 16.2 Å². The Morgan fingerprint density at radius 3 is 1.80 bits per heavy atom. The topological polar surface area (TPSA) is 0 Å². The van der Waals surface area contributed by atoms with E-state index in [0.717, 1.165) is 47.8 Å². The molecule has 0 N–H and O–H groups in total. The predicted molar refractivity (Wildman–Crippen MR) is 209 cm³/mol. The van der Waals surface area contributed by atoms with Crippen molar-refractivity contribution >= 4 is 81.2 Å². The Morgan fingerprint density at radius 1 is 0.844 bits per heavy atom. The molecular weight excluding hydrogens is 736 g/mol. The molecule has 4 bridgehead atoms. The van der Waals surface area contributed by atoms with Crippen molar-refractivity contribution in [2.45, 2.75) is 78.6 Å². The number of benzene rings is 2. The normalized spacial score (nSPS) is 30.5. The lowest BCUT2D eigenvalue weighted by atomic mass is 9.35. The molecular formula is C40H44Br2S3. The second-order valence-electron chi connectivity index (χ2n) is 15.8. The van der Waals surface area contributed by atoms with Crippen LogP contribution in [0.15, 0.2) is 74.2 Å². The van der Waals surface area contributed by atoms with Gasteiger partial charge in [-0.25, -0.2) is 5.73 Å². The Balaban J connectivity index is 1.32. The van der Waals surface area contributed by atoms with Crippen molar-refractivity contribution in [3.63, 3.8) is 0 Å². The number of rotatable bonds is 5. The first kappa shape index (κ1) is 34.0. The first-order valence-electron chi connectivity index (χ1n) is 16.0. The highest BCUT2D eigenvalue weighted by molar-refractivity contribution is 9.11. The van der Waals surface area contributed by atoms with Crippen LogP contribution in [0.25, 0.3) is 11.5 Å². The van der Waals surface area contributed by atoms with Crippen LogP contribution < -0.4 is 10.4 Å². The molecule has 0 atom stereocenters. The fourth-order valence-corrected chi connectivity index (χ4v) is 12.0. The molecule has 45 heavy (non-hydrogen) atoms. The molecule has 2 aromatic rings. The summed E-state index contributed by atoms with van der Waals surface area (Å²) in [4.78, 5) is 0. The molecule has 5 aliphatic carbocycles. The minimum atomic E-state index is 0.115. The molecule has 0 aromatic heterocycles. The van der Waals surface area contributed by atoms with Crippen LogP contribution in [0.3, 0.4) is 0 Å². The second kappa shape index (κ2) is 12.2. The first-order chi connectivity index (χ1) is 21.2. The Bertz CT molecular complexity index is 1690. The molecule has 0 saturated heterocycles. The van der Waals surface area contributed by atoms with E-state index < -0.39 is 0 Å². The van der Waals surface area contributed by atoms with Crippen LogP contribution in [0.2, 0.25) is 0 Å². The number of thiol groups is 3. The van der Waals surface area contributed by atoms with E-state index in [2.05, 4.69) is 133 Å². The van der Waals surface area contributed by atoms with Gasteiger partial charge in [-0.15, -0.1) is 29.8 Å². The molecule has 0 amide bonds. The molecule has 0 unspecified atom stereocenters. The van der Waals surface area contributed by atoms with Gasteiger partial charge in [0.1, 0.15) is 0 Å². The lowest BCUT2D eigenvalue weighted by Crippen LogP contribution is -2.64. The number of hydrogen-bond donors (Lipinski definition) is 3. The zero-order chi connectivity index (χ0) is 32.4. The standard InChI is InChI=1S/C40H44Br2S3/c1-26-12-31(36(3,4)5)13-27(2)32(26)16-33-34(41)14-29(15-35(33)42)7-6-28-8-10-30(11-9-28)40-20-37(23-43)17-38(21-40,24-44)19-39(18-37,22-40)25-45/h8-15,43-45H,17-25H2,1-5H3. The number of allylic oxidation sites excluding steroid dienone is 5. The smallest absolute Gasteiger partial charge is 0.153 e. The molecule has 4 fully saturated rings. The molecule has 5 heteroatoms. The Labute approximate surface area is 304 Å². The van der Waals surface area contributed by atoms with Gasteiger partial charge >= 0.3 is 0 Å². The average Bonchev–Trinajstić information content (AvgIpc) is 2.98. The van der Waals surface area contributed by atoms with Gasteiger partial charge < -0.3 is 0 Å². The quantitative estimate of drug-likeness (QED) is 0.195. The van der Waals surface area contributed by atoms with Gasteiger partial charge in [0.25, 0.3) is 0 Å². The summed E-state index contributed by atoms with van der Waals surface area (Å²) in [6.07, 6.45) is 15.6. The molecule has 5 aliphatic rings. The SMILES string of the molecule is CC1=CC(C(C)(C)C)=C[C+](C)C1=C=c1c(Br)cc(=C=[C-]c2ccc(C34CC5(CS)CC(CS)(CC(CS)(C5)C3)C4)cc2)cc1Br. The molecule has 2 aromatic carbocycles. The third-order valence-electron chi connectivity index (χ3n) is 10.9.